The topological polar surface area (TPSA) is 55.3 Å². The molecule has 0 radical (unpaired) electrons. The quantitative estimate of drug-likeness (QED) is 0.869. The molecule has 0 spiro atoms. The van der Waals surface area contributed by atoms with Gasteiger partial charge >= 0.3 is 6.01 Å². The third-order valence-electron chi connectivity index (χ3n) is 3.25. The lowest BCUT2D eigenvalue weighted by molar-refractivity contribution is 0.0516. The van der Waals surface area contributed by atoms with Crippen LogP contribution in [0.25, 0.3) is 0 Å². The number of ether oxygens (including phenoxy) is 1. The number of nitrogens with zero attached hydrogens (tertiary/aromatic N) is 3. The fraction of sp³-hybridized carbons (Fsp3) is 0.357. The van der Waals surface area contributed by atoms with Crippen LogP contribution in [0.4, 0.5) is 0 Å². The fourth-order valence-corrected chi connectivity index (χ4v) is 2.91. The van der Waals surface area contributed by atoms with E-state index in [1.807, 2.05) is 21.7 Å². The lowest BCUT2D eigenvalue weighted by Crippen LogP contribution is -2.44. The second-order valence-electron chi connectivity index (χ2n) is 4.68. The van der Waals surface area contributed by atoms with E-state index in [0.717, 1.165) is 24.9 Å². The van der Waals surface area contributed by atoms with Gasteiger partial charge in [0.15, 0.2) is 0 Å². The van der Waals surface area contributed by atoms with Crippen LogP contribution in [0.3, 0.4) is 0 Å². The Morgan fingerprint density at radius 1 is 1.40 bits per heavy atom. The summed E-state index contributed by atoms with van der Waals surface area (Å²) in [4.78, 5) is 22.3. The van der Waals surface area contributed by atoms with Crippen molar-refractivity contribution in [3.8, 4) is 6.01 Å². The van der Waals surface area contributed by atoms with Crippen molar-refractivity contribution < 1.29 is 9.53 Å². The number of hydrogen-bond donors (Lipinski definition) is 0. The first kappa shape index (κ1) is 13.1. The molecule has 0 aromatic carbocycles. The van der Waals surface area contributed by atoms with Gasteiger partial charge in [0.05, 0.1) is 12.1 Å². The zero-order chi connectivity index (χ0) is 13.8. The first-order chi connectivity index (χ1) is 9.83. The maximum atomic E-state index is 12.3. The zero-order valence-electron chi connectivity index (χ0n) is 10.9. The normalized spacial score (nSPS) is 18.8. The number of amides is 1. The Labute approximate surface area is 121 Å². The SMILES string of the molecule is O=C(c1ccsc1)N1CCC[C@H](Oc2ncccn2)C1. The number of carbonyl (C=O) groups is 1. The molecule has 1 aliphatic heterocycles. The smallest absolute Gasteiger partial charge is 0.316 e. The van der Waals surface area contributed by atoms with Gasteiger partial charge in [0.1, 0.15) is 6.10 Å². The van der Waals surface area contributed by atoms with Crippen molar-refractivity contribution in [1.29, 1.82) is 0 Å². The van der Waals surface area contributed by atoms with Crippen LogP contribution in [0.5, 0.6) is 6.01 Å². The Morgan fingerprint density at radius 2 is 2.25 bits per heavy atom. The molecule has 2 aromatic rings. The molecule has 6 heteroatoms. The maximum Gasteiger partial charge on any atom is 0.316 e. The standard InChI is InChI=1S/C14H15N3O2S/c18-13(11-4-8-20-10-11)17-7-1-3-12(9-17)19-14-15-5-2-6-16-14/h2,4-6,8,10,12H,1,3,7,9H2/t12-/m0/s1. The van der Waals surface area contributed by atoms with Gasteiger partial charge in [0, 0.05) is 24.3 Å². The Kier molecular flexibility index (Phi) is 3.92. The molecular formula is C14H15N3O2S. The summed E-state index contributed by atoms with van der Waals surface area (Å²) < 4.78 is 5.74. The lowest BCUT2D eigenvalue weighted by Gasteiger charge is -2.32. The highest BCUT2D eigenvalue weighted by Crippen LogP contribution is 2.18. The monoisotopic (exact) mass is 289 g/mol. The van der Waals surface area contributed by atoms with Gasteiger partial charge in [-0.25, -0.2) is 9.97 Å². The molecule has 0 bridgehead atoms. The highest BCUT2D eigenvalue weighted by Gasteiger charge is 2.26. The number of carbonyl (C=O) groups excluding carboxylic acids is 1. The Morgan fingerprint density at radius 3 is 3.00 bits per heavy atom. The van der Waals surface area contributed by atoms with E-state index in [4.69, 9.17) is 4.74 Å². The Bertz CT molecular complexity index is 559. The third kappa shape index (κ3) is 2.96. The van der Waals surface area contributed by atoms with E-state index in [1.54, 1.807) is 18.5 Å². The number of likely N-dealkylation sites (tertiary alicyclic amines) is 1. The lowest BCUT2D eigenvalue weighted by atomic mass is 10.1. The molecule has 1 atom stereocenters. The molecule has 3 rings (SSSR count). The molecule has 0 saturated carbocycles. The highest BCUT2D eigenvalue weighted by molar-refractivity contribution is 7.08. The van der Waals surface area contributed by atoms with Crippen LogP contribution in [-0.2, 0) is 0 Å². The van der Waals surface area contributed by atoms with Crippen LogP contribution < -0.4 is 4.74 Å². The predicted octanol–water partition coefficient (Wildman–Crippen LogP) is 2.22. The molecule has 104 valence electrons. The van der Waals surface area contributed by atoms with E-state index in [9.17, 15) is 4.79 Å². The minimum absolute atomic E-state index is 0.0336. The molecule has 1 saturated heterocycles. The van der Waals surface area contributed by atoms with E-state index in [1.165, 1.54) is 11.3 Å². The van der Waals surface area contributed by atoms with Gasteiger partial charge in [-0.05, 0) is 30.4 Å². The number of hydrogen-bond acceptors (Lipinski definition) is 5. The molecule has 1 fully saturated rings. The van der Waals surface area contributed by atoms with Gasteiger partial charge in [0.2, 0.25) is 0 Å². The predicted molar refractivity (Wildman–Crippen MR) is 75.9 cm³/mol. The summed E-state index contributed by atoms with van der Waals surface area (Å²) in [6.07, 6.45) is 5.13. The summed E-state index contributed by atoms with van der Waals surface area (Å²) in [6, 6.07) is 3.99. The first-order valence-corrected chi connectivity index (χ1v) is 7.52. The zero-order valence-corrected chi connectivity index (χ0v) is 11.8. The summed E-state index contributed by atoms with van der Waals surface area (Å²) in [5.41, 5.74) is 0.756. The number of piperidine rings is 1. The Hall–Kier alpha value is -1.95. The average Bonchev–Trinajstić information content (AvgIpc) is 3.02. The van der Waals surface area contributed by atoms with Crippen LogP contribution >= 0.6 is 11.3 Å². The van der Waals surface area contributed by atoms with E-state index >= 15 is 0 Å². The summed E-state index contributed by atoms with van der Waals surface area (Å²) >= 11 is 1.54. The summed E-state index contributed by atoms with van der Waals surface area (Å²) in [5.74, 6) is 0.0773. The Balaban J connectivity index is 1.63. The van der Waals surface area contributed by atoms with E-state index < -0.39 is 0 Å². The molecule has 0 aliphatic carbocycles. The molecular weight excluding hydrogens is 274 g/mol. The number of aromatic nitrogens is 2. The summed E-state index contributed by atoms with van der Waals surface area (Å²) in [7, 11) is 0. The van der Waals surface area contributed by atoms with Crippen molar-refractivity contribution >= 4 is 17.2 Å². The van der Waals surface area contributed by atoms with Crippen LogP contribution in [0.2, 0.25) is 0 Å². The van der Waals surface area contributed by atoms with Gasteiger partial charge in [-0.1, -0.05) is 0 Å². The van der Waals surface area contributed by atoms with Gasteiger partial charge in [-0.3, -0.25) is 4.79 Å². The van der Waals surface area contributed by atoms with Crippen molar-refractivity contribution in [2.75, 3.05) is 13.1 Å². The molecule has 2 aromatic heterocycles. The second kappa shape index (κ2) is 6.00. The number of thiophene rings is 1. The number of rotatable bonds is 3. The van der Waals surface area contributed by atoms with Crippen molar-refractivity contribution in [3.63, 3.8) is 0 Å². The van der Waals surface area contributed by atoms with Crippen molar-refractivity contribution in [3.05, 3.63) is 40.8 Å². The van der Waals surface area contributed by atoms with E-state index in [0.29, 0.717) is 12.6 Å². The summed E-state index contributed by atoms with van der Waals surface area (Å²) in [5, 5.41) is 3.80. The second-order valence-corrected chi connectivity index (χ2v) is 5.46. The van der Waals surface area contributed by atoms with Crippen molar-refractivity contribution in [1.82, 2.24) is 14.9 Å². The third-order valence-corrected chi connectivity index (χ3v) is 3.93. The minimum atomic E-state index is -0.0336. The molecule has 0 unspecified atom stereocenters. The molecule has 1 aliphatic rings. The first-order valence-electron chi connectivity index (χ1n) is 6.58. The molecule has 3 heterocycles. The van der Waals surface area contributed by atoms with Gasteiger partial charge < -0.3 is 9.64 Å². The largest absolute Gasteiger partial charge is 0.458 e. The molecule has 0 N–H and O–H groups in total. The fourth-order valence-electron chi connectivity index (χ4n) is 2.28. The molecule has 20 heavy (non-hydrogen) atoms. The van der Waals surface area contributed by atoms with Gasteiger partial charge in [-0.2, -0.15) is 11.3 Å². The van der Waals surface area contributed by atoms with E-state index in [-0.39, 0.29) is 12.0 Å². The average molecular weight is 289 g/mol. The summed E-state index contributed by atoms with van der Waals surface area (Å²) in [6.45, 7) is 1.37. The molecule has 1 amide bonds. The maximum absolute atomic E-state index is 12.3. The van der Waals surface area contributed by atoms with Crippen LogP contribution in [0.1, 0.15) is 23.2 Å². The van der Waals surface area contributed by atoms with Gasteiger partial charge in [-0.15, -0.1) is 0 Å². The van der Waals surface area contributed by atoms with Crippen LogP contribution in [-0.4, -0.2) is 40.0 Å². The highest BCUT2D eigenvalue weighted by atomic mass is 32.1. The molecule has 5 nitrogen and oxygen atoms in total. The minimum Gasteiger partial charge on any atom is -0.458 e. The van der Waals surface area contributed by atoms with Crippen LogP contribution in [0.15, 0.2) is 35.3 Å². The van der Waals surface area contributed by atoms with Crippen LogP contribution in [0, 0.1) is 0 Å². The van der Waals surface area contributed by atoms with Gasteiger partial charge in [0.25, 0.3) is 5.91 Å². The van der Waals surface area contributed by atoms with Crippen molar-refractivity contribution in [2.24, 2.45) is 0 Å². The van der Waals surface area contributed by atoms with E-state index in [2.05, 4.69) is 9.97 Å². The van der Waals surface area contributed by atoms with Crippen molar-refractivity contribution in [2.45, 2.75) is 18.9 Å².